The van der Waals surface area contributed by atoms with Gasteiger partial charge in [0.05, 0.1) is 6.21 Å². The van der Waals surface area contributed by atoms with Crippen LogP contribution in [0, 0.1) is 0 Å². The zero-order valence-corrected chi connectivity index (χ0v) is 8.90. The van der Waals surface area contributed by atoms with Crippen molar-refractivity contribution in [3.8, 4) is 0 Å². The lowest BCUT2D eigenvalue weighted by Crippen LogP contribution is -2.16. The van der Waals surface area contributed by atoms with Crippen LogP contribution in [0.25, 0.3) is 0 Å². The molecular weight excluding hydrogens is 248 g/mol. The van der Waals surface area contributed by atoms with Gasteiger partial charge in [-0.25, -0.2) is 0 Å². The quantitative estimate of drug-likeness (QED) is 0.652. The van der Waals surface area contributed by atoms with Crippen LogP contribution in [0.2, 0.25) is 0 Å². The van der Waals surface area contributed by atoms with Crippen molar-refractivity contribution in [3.05, 3.63) is 34.3 Å². The molecule has 0 aliphatic rings. The number of hydrogen-bond acceptors (Lipinski definition) is 3. The van der Waals surface area contributed by atoms with Gasteiger partial charge in [-0.05, 0) is 17.7 Å². The zero-order chi connectivity index (χ0) is 10.4. The molecular formula is C9H9BrN2O2. The van der Waals surface area contributed by atoms with Crippen LogP contribution in [-0.4, -0.2) is 18.7 Å². The maximum absolute atomic E-state index is 10.3. The lowest BCUT2D eigenvalue weighted by atomic mass is 10.2. The molecule has 0 radical (unpaired) electrons. The number of primary amides is 1. The number of benzene rings is 1. The number of nitrogens with two attached hydrogens (primary N) is 1. The van der Waals surface area contributed by atoms with Gasteiger partial charge in [-0.15, -0.1) is 0 Å². The van der Waals surface area contributed by atoms with Crippen LogP contribution in [0.1, 0.15) is 5.56 Å². The Bertz CT molecular complexity index is 335. The second-order valence-corrected chi connectivity index (χ2v) is 3.44. The van der Waals surface area contributed by atoms with Gasteiger partial charge in [-0.2, -0.15) is 0 Å². The third-order valence-electron chi connectivity index (χ3n) is 1.35. The van der Waals surface area contributed by atoms with Crippen LogP contribution in [0.4, 0.5) is 0 Å². The molecule has 14 heavy (non-hydrogen) atoms. The minimum absolute atomic E-state index is 0.201. The number of rotatable bonds is 4. The normalized spacial score (nSPS) is 10.4. The van der Waals surface area contributed by atoms with Gasteiger partial charge in [0.2, 0.25) is 0 Å². The van der Waals surface area contributed by atoms with Crippen molar-refractivity contribution in [2.24, 2.45) is 10.9 Å². The Labute approximate surface area is 89.9 Å². The van der Waals surface area contributed by atoms with E-state index in [1.807, 2.05) is 24.3 Å². The number of carbonyl (C=O) groups excluding carboxylic acids is 1. The highest BCUT2D eigenvalue weighted by Gasteiger charge is 1.91. The van der Waals surface area contributed by atoms with Crippen LogP contribution in [-0.2, 0) is 9.63 Å². The van der Waals surface area contributed by atoms with E-state index in [0.29, 0.717) is 0 Å². The first-order chi connectivity index (χ1) is 6.68. The fraction of sp³-hybridized carbons (Fsp3) is 0.111. The smallest absolute Gasteiger partial charge is 0.258 e. The highest BCUT2D eigenvalue weighted by molar-refractivity contribution is 9.10. The van der Waals surface area contributed by atoms with Crippen molar-refractivity contribution >= 4 is 28.1 Å². The molecule has 1 aromatic rings. The summed E-state index contributed by atoms with van der Waals surface area (Å²) in [7, 11) is 0. The fourth-order valence-corrected chi connectivity index (χ4v) is 1.01. The number of amides is 1. The molecule has 0 aliphatic carbocycles. The Morgan fingerprint density at radius 1 is 1.50 bits per heavy atom. The number of hydrogen-bond donors (Lipinski definition) is 1. The van der Waals surface area contributed by atoms with Gasteiger partial charge >= 0.3 is 0 Å². The molecule has 0 aliphatic heterocycles. The minimum Gasteiger partial charge on any atom is -0.386 e. The van der Waals surface area contributed by atoms with Crippen LogP contribution in [0.15, 0.2) is 33.9 Å². The standard InChI is InChI=1S/C9H9BrN2O2/c10-8-3-1-7(2-4-8)5-12-14-6-9(11)13/h1-5H,6H2,(H2,11,13)/b12-5-. The molecule has 0 saturated heterocycles. The molecule has 0 fully saturated rings. The lowest BCUT2D eigenvalue weighted by Gasteiger charge is -1.94. The van der Waals surface area contributed by atoms with E-state index in [2.05, 4.69) is 25.9 Å². The second-order valence-electron chi connectivity index (χ2n) is 2.53. The first-order valence-corrected chi connectivity index (χ1v) is 4.67. The summed E-state index contributed by atoms with van der Waals surface area (Å²) in [5.74, 6) is -0.544. The van der Waals surface area contributed by atoms with Crippen molar-refractivity contribution in [1.82, 2.24) is 0 Å². The Balaban J connectivity index is 2.44. The predicted octanol–water partition coefficient (Wildman–Crippen LogP) is 1.28. The molecule has 0 bridgehead atoms. The van der Waals surface area contributed by atoms with Crippen LogP contribution in [0.5, 0.6) is 0 Å². The van der Waals surface area contributed by atoms with Gasteiger partial charge in [0.15, 0.2) is 6.61 Å². The molecule has 1 aromatic carbocycles. The molecule has 4 nitrogen and oxygen atoms in total. The first kappa shape index (κ1) is 10.7. The summed E-state index contributed by atoms with van der Waals surface area (Å²) in [6, 6.07) is 7.49. The van der Waals surface area contributed by atoms with Gasteiger partial charge in [-0.3, -0.25) is 4.79 Å². The van der Waals surface area contributed by atoms with E-state index in [9.17, 15) is 4.79 Å². The largest absolute Gasteiger partial charge is 0.386 e. The zero-order valence-electron chi connectivity index (χ0n) is 7.31. The number of nitrogens with zero attached hydrogens (tertiary/aromatic N) is 1. The summed E-state index contributed by atoms with van der Waals surface area (Å²) in [5, 5.41) is 3.57. The summed E-state index contributed by atoms with van der Waals surface area (Å²) >= 11 is 3.31. The van der Waals surface area contributed by atoms with E-state index >= 15 is 0 Å². The first-order valence-electron chi connectivity index (χ1n) is 3.87. The lowest BCUT2D eigenvalue weighted by molar-refractivity contribution is -0.122. The van der Waals surface area contributed by atoms with Gasteiger partial charge in [0.25, 0.3) is 5.91 Å². The molecule has 1 amide bonds. The monoisotopic (exact) mass is 256 g/mol. The summed E-state index contributed by atoms with van der Waals surface area (Å²) in [4.78, 5) is 14.9. The second kappa shape index (κ2) is 5.39. The van der Waals surface area contributed by atoms with Crippen molar-refractivity contribution < 1.29 is 9.63 Å². The Kier molecular flexibility index (Phi) is 4.12. The average molecular weight is 257 g/mol. The van der Waals surface area contributed by atoms with E-state index in [0.717, 1.165) is 10.0 Å². The van der Waals surface area contributed by atoms with Crippen LogP contribution < -0.4 is 5.73 Å². The molecule has 74 valence electrons. The Hall–Kier alpha value is -1.36. The van der Waals surface area contributed by atoms with Gasteiger partial charge in [0.1, 0.15) is 0 Å². The van der Waals surface area contributed by atoms with Gasteiger partial charge < -0.3 is 10.6 Å². The van der Waals surface area contributed by atoms with Gasteiger partial charge in [-0.1, -0.05) is 33.2 Å². The summed E-state index contributed by atoms with van der Waals surface area (Å²) in [6.07, 6.45) is 1.51. The molecule has 0 atom stereocenters. The van der Waals surface area contributed by atoms with E-state index in [1.165, 1.54) is 6.21 Å². The Morgan fingerprint density at radius 3 is 2.71 bits per heavy atom. The maximum atomic E-state index is 10.3. The predicted molar refractivity (Wildman–Crippen MR) is 56.9 cm³/mol. The molecule has 2 N–H and O–H groups in total. The van der Waals surface area contributed by atoms with Crippen molar-refractivity contribution in [2.45, 2.75) is 0 Å². The van der Waals surface area contributed by atoms with Crippen molar-refractivity contribution in [1.29, 1.82) is 0 Å². The average Bonchev–Trinajstić information content (AvgIpc) is 2.15. The maximum Gasteiger partial charge on any atom is 0.258 e. The highest BCUT2D eigenvalue weighted by Crippen LogP contribution is 2.08. The molecule has 0 heterocycles. The highest BCUT2D eigenvalue weighted by atomic mass is 79.9. The van der Waals surface area contributed by atoms with Crippen molar-refractivity contribution in [2.75, 3.05) is 6.61 Å². The summed E-state index contributed by atoms with van der Waals surface area (Å²) in [5.41, 5.74) is 5.73. The van der Waals surface area contributed by atoms with Crippen molar-refractivity contribution in [3.63, 3.8) is 0 Å². The molecule has 0 saturated carbocycles. The molecule has 0 spiro atoms. The van der Waals surface area contributed by atoms with E-state index in [-0.39, 0.29) is 6.61 Å². The van der Waals surface area contributed by atoms with E-state index in [4.69, 9.17) is 5.73 Å². The summed E-state index contributed by atoms with van der Waals surface area (Å²) < 4.78 is 0.993. The molecule has 0 unspecified atom stereocenters. The van der Waals surface area contributed by atoms with E-state index < -0.39 is 5.91 Å². The molecule has 1 rings (SSSR count). The Morgan fingerprint density at radius 2 is 2.14 bits per heavy atom. The van der Waals surface area contributed by atoms with E-state index in [1.54, 1.807) is 0 Å². The van der Waals surface area contributed by atoms with Crippen LogP contribution in [0.3, 0.4) is 0 Å². The minimum atomic E-state index is -0.544. The van der Waals surface area contributed by atoms with Gasteiger partial charge in [0, 0.05) is 4.47 Å². The SMILES string of the molecule is NC(=O)CO/N=C\c1ccc(Br)cc1. The fourth-order valence-electron chi connectivity index (χ4n) is 0.748. The third kappa shape index (κ3) is 4.04. The number of halogens is 1. The molecule has 0 aromatic heterocycles. The number of oxime groups is 1. The third-order valence-corrected chi connectivity index (χ3v) is 1.88. The summed E-state index contributed by atoms with van der Waals surface area (Å²) in [6.45, 7) is -0.201. The topological polar surface area (TPSA) is 64.7 Å². The van der Waals surface area contributed by atoms with Crippen LogP contribution >= 0.6 is 15.9 Å². The molecule has 5 heteroatoms. The number of carbonyl (C=O) groups is 1.